The third-order valence-corrected chi connectivity index (χ3v) is 5.64. The number of nitro groups is 1. The SMILES string of the molecule is COC(=O)c1ccc(OC)cc1[N+](=O)[O-].COc1ccc(C(C)(C)O)c(N)c1.COc1ccc(C(C)C)c(N)c1. The van der Waals surface area contributed by atoms with E-state index in [2.05, 4.69) is 18.6 Å². The Morgan fingerprint density at radius 2 is 1.32 bits per heavy atom. The van der Waals surface area contributed by atoms with Gasteiger partial charge < -0.3 is 35.5 Å². The molecule has 0 unspecified atom stereocenters. The molecule has 40 heavy (non-hydrogen) atoms. The lowest BCUT2D eigenvalue weighted by Gasteiger charge is -2.20. The lowest BCUT2D eigenvalue weighted by molar-refractivity contribution is -0.385. The number of anilines is 2. The van der Waals surface area contributed by atoms with Gasteiger partial charge in [0.2, 0.25) is 0 Å². The van der Waals surface area contributed by atoms with Crippen LogP contribution in [0.25, 0.3) is 0 Å². The van der Waals surface area contributed by atoms with Crippen molar-refractivity contribution in [1.82, 2.24) is 0 Å². The average Bonchev–Trinajstić information content (AvgIpc) is 2.91. The number of nitrogen functional groups attached to an aromatic ring is 2. The van der Waals surface area contributed by atoms with E-state index in [0.29, 0.717) is 28.7 Å². The van der Waals surface area contributed by atoms with E-state index in [1.807, 2.05) is 18.2 Å². The molecule has 3 aromatic rings. The van der Waals surface area contributed by atoms with Crippen molar-refractivity contribution in [2.45, 2.75) is 39.2 Å². The van der Waals surface area contributed by atoms with Crippen molar-refractivity contribution in [1.29, 1.82) is 0 Å². The van der Waals surface area contributed by atoms with Crippen LogP contribution in [0, 0.1) is 10.1 Å². The molecule has 11 heteroatoms. The number of aliphatic hydroxyl groups is 1. The second-order valence-electron chi connectivity index (χ2n) is 9.29. The summed E-state index contributed by atoms with van der Waals surface area (Å²) in [7, 11) is 5.77. The van der Waals surface area contributed by atoms with Gasteiger partial charge in [0.15, 0.2) is 0 Å². The first-order valence-electron chi connectivity index (χ1n) is 12.2. The van der Waals surface area contributed by atoms with Gasteiger partial charge in [0, 0.05) is 29.1 Å². The van der Waals surface area contributed by atoms with Crippen LogP contribution in [0.2, 0.25) is 0 Å². The fraction of sp³-hybridized carbons (Fsp3) is 0.345. The van der Waals surface area contributed by atoms with Gasteiger partial charge in [0.25, 0.3) is 5.69 Å². The molecule has 0 amide bonds. The minimum absolute atomic E-state index is 0.0942. The highest BCUT2D eigenvalue weighted by atomic mass is 16.6. The lowest BCUT2D eigenvalue weighted by atomic mass is 9.96. The fourth-order valence-corrected chi connectivity index (χ4v) is 3.50. The third-order valence-electron chi connectivity index (χ3n) is 5.64. The largest absolute Gasteiger partial charge is 0.497 e. The number of methoxy groups -OCH3 is 4. The Morgan fingerprint density at radius 1 is 0.850 bits per heavy atom. The molecule has 0 aliphatic rings. The minimum Gasteiger partial charge on any atom is -0.497 e. The van der Waals surface area contributed by atoms with Gasteiger partial charge in [-0.05, 0) is 49.6 Å². The number of esters is 1. The number of benzene rings is 3. The van der Waals surface area contributed by atoms with Gasteiger partial charge in [-0.3, -0.25) is 10.1 Å². The molecule has 0 saturated carbocycles. The molecule has 0 radical (unpaired) electrons. The van der Waals surface area contributed by atoms with Crippen LogP contribution in [0.1, 0.15) is 55.1 Å². The van der Waals surface area contributed by atoms with E-state index < -0.39 is 16.5 Å². The Balaban J connectivity index is 0.000000302. The first-order valence-corrected chi connectivity index (χ1v) is 12.2. The second kappa shape index (κ2) is 15.2. The Labute approximate surface area is 234 Å². The third kappa shape index (κ3) is 9.66. The maximum absolute atomic E-state index is 11.2. The molecule has 0 heterocycles. The summed E-state index contributed by atoms with van der Waals surface area (Å²) in [5.41, 5.74) is 13.5. The standard InChI is InChI=1S/C10H15NO2.C10H15NO.C9H9NO5/c1-10(2,12)8-5-4-7(13-3)6-9(8)11;1-7(2)9-5-4-8(12-3)6-10(9)11;1-14-6-3-4-7(9(11)15-2)8(5-6)10(12)13/h4-6,12H,11H2,1-3H3;4-7H,11H2,1-3H3;3-5H,1-2H3. The Morgan fingerprint density at radius 3 is 1.73 bits per heavy atom. The van der Waals surface area contributed by atoms with E-state index in [1.165, 1.54) is 30.9 Å². The molecule has 5 N–H and O–H groups in total. The molecule has 3 rings (SSSR count). The zero-order valence-electron chi connectivity index (χ0n) is 24.2. The average molecular weight is 558 g/mol. The molecule has 0 saturated heterocycles. The molecule has 11 nitrogen and oxygen atoms in total. The van der Waals surface area contributed by atoms with Gasteiger partial charge in [0.05, 0.1) is 45.0 Å². The molecule has 0 aromatic heterocycles. The highest BCUT2D eigenvalue weighted by Crippen LogP contribution is 2.29. The van der Waals surface area contributed by atoms with Crippen molar-refractivity contribution in [3.63, 3.8) is 0 Å². The molecule has 0 fully saturated rings. The van der Waals surface area contributed by atoms with Crippen LogP contribution < -0.4 is 25.7 Å². The highest BCUT2D eigenvalue weighted by Gasteiger charge is 2.21. The number of carbonyl (C=O) groups is 1. The summed E-state index contributed by atoms with van der Waals surface area (Å²) in [6.45, 7) is 7.65. The van der Waals surface area contributed by atoms with E-state index >= 15 is 0 Å². The number of rotatable bonds is 7. The van der Waals surface area contributed by atoms with Gasteiger partial charge in [-0.1, -0.05) is 26.0 Å². The van der Waals surface area contributed by atoms with Crippen molar-refractivity contribution >= 4 is 23.0 Å². The summed E-state index contributed by atoms with van der Waals surface area (Å²) < 4.78 is 19.3. The van der Waals surface area contributed by atoms with Gasteiger partial charge in [-0.15, -0.1) is 0 Å². The second-order valence-corrected chi connectivity index (χ2v) is 9.29. The molecule has 0 bridgehead atoms. The summed E-state index contributed by atoms with van der Waals surface area (Å²) in [6, 6.07) is 15.0. The monoisotopic (exact) mass is 557 g/mol. The number of nitro benzene ring substituents is 1. The number of hydrogen-bond acceptors (Lipinski definition) is 10. The van der Waals surface area contributed by atoms with Crippen LogP contribution in [0.3, 0.4) is 0 Å². The van der Waals surface area contributed by atoms with Crippen LogP contribution >= 0.6 is 0 Å². The Kier molecular flexibility index (Phi) is 12.7. The van der Waals surface area contributed by atoms with Crippen LogP contribution in [-0.4, -0.2) is 44.4 Å². The number of ether oxygens (including phenoxy) is 4. The summed E-state index contributed by atoms with van der Waals surface area (Å²) in [4.78, 5) is 21.2. The first-order chi connectivity index (χ1) is 18.7. The van der Waals surface area contributed by atoms with E-state index in [4.69, 9.17) is 25.7 Å². The maximum Gasteiger partial charge on any atom is 0.344 e. The van der Waals surface area contributed by atoms with E-state index in [-0.39, 0.29) is 11.3 Å². The van der Waals surface area contributed by atoms with Crippen LogP contribution in [0.15, 0.2) is 54.6 Å². The predicted octanol–water partition coefficient (Wildman–Crippen LogP) is 5.30. The Hall–Kier alpha value is -4.51. The minimum atomic E-state index is -0.906. The van der Waals surface area contributed by atoms with Crippen molar-refractivity contribution < 1.29 is 33.8 Å². The molecule has 0 spiro atoms. The van der Waals surface area contributed by atoms with Crippen molar-refractivity contribution in [2.24, 2.45) is 0 Å². The number of hydrogen-bond donors (Lipinski definition) is 3. The Bertz CT molecular complexity index is 1290. The van der Waals surface area contributed by atoms with Gasteiger partial charge in [0.1, 0.15) is 22.8 Å². The molecule has 3 aromatic carbocycles. The van der Waals surface area contributed by atoms with E-state index in [9.17, 15) is 20.0 Å². The van der Waals surface area contributed by atoms with E-state index in [0.717, 1.165) is 18.5 Å². The molecule has 0 atom stereocenters. The fourth-order valence-electron chi connectivity index (χ4n) is 3.50. The molecular weight excluding hydrogens is 518 g/mol. The summed E-state index contributed by atoms with van der Waals surface area (Å²) in [6.07, 6.45) is 0. The van der Waals surface area contributed by atoms with Gasteiger partial charge >= 0.3 is 5.97 Å². The van der Waals surface area contributed by atoms with Crippen LogP contribution in [0.4, 0.5) is 17.1 Å². The zero-order valence-corrected chi connectivity index (χ0v) is 24.2. The van der Waals surface area contributed by atoms with Gasteiger partial charge in [-0.25, -0.2) is 4.79 Å². The quantitative estimate of drug-likeness (QED) is 0.150. The molecule has 218 valence electrons. The van der Waals surface area contributed by atoms with Crippen LogP contribution in [0.5, 0.6) is 17.2 Å². The van der Waals surface area contributed by atoms with Crippen LogP contribution in [-0.2, 0) is 10.3 Å². The number of carbonyl (C=O) groups excluding carboxylic acids is 1. The van der Waals surface area contributed by atoms with Crippen molar-refractivity contribution in [2.75, 3.05) is 39.9 Å². The lowest BCUT2D eigenvalue weighted by Crippen LogP contribution is -2.17. The van der Waals surface area contributed by atoms with Crippen molar-refractivity contribution in [3.8, 4) is 17.2 Å². The number of nitrogens with zero attached hydrogens (tertiary/aromatic N) is 1. The van der Waals surface area contributed by atoms with Crippen molar-refractivity contribution in [3.05, 3.63) is 81.4 Å². The maximum atomic E-state index is 11.2. The summed E-state index contributed by atoms with van der Waals surface area (Å²) >= 11 is 0. The summed E-state index contributed by atoms with van der Waals surface area (Å²) in [5.74, 6) is 1.55. The zero-order chi connectivity index (χ0) is 30.6. The predicted molar refractivity (Wildman–Crippen MR) is 155 cm³/mol. The highest BCUT2D eigenvalue weighted by molar-refractivity contribution is 5.94. The molecule has 0 aliphatic heterocycles. The normalized spacial score (nSPS) is 10.3. The molecular formula is C29H39N3O8. The number of nitrogens with two attached hydrogens (primary N) is 2. The topological polar surface area (TPSA) is 169 Å². The first kappa shape index (κ1) is 33.5. The smallest absolute Gasteiger partial charge is 0.344 e. The summed E-state index contributed by atoms with van der Waals surface area (Å²) in [5, 5.41) is 20.4. The molecule has 0 aliphatic carbocycles. The van der Waals surface area contributed by atoms with E-state index in [1.54, 1.807) is 46.3 Å². The van der Waals surface area contributed by atoms with Gasteiger partial charge in [-0.2, -0.15) is 0 Å².